The summed E-state index contributed by atoms with van der Waals surface area (Å²) in [5.41, 5.74) is -0.103. The Hall–Kier alpha value is -2.48. The Morgan fingerprint density at radius 3 is 2.52 bits per heavy atom. The molecular weight excluding hydrogens is 320 g/mol. The maximum atomic E-state index is 10.7. The molecule has 0 N–H and O–H groups in total. The van der Waals surface area contributed by atoms with Gasteiger partial charge in [0.05, 0.1) is 9.95 Å². The van der Waals surface area contributed by atoms with E-state index >= 15 is 0 Å². The first-order valence-electron chi connectivity index (χ1n) is 7.14. The molecule has 1 aliphatic heterocycles. The number of rotatable bonds is 3. The highest BCUT2D eigenvalue weighted by molar-refractivity contribution is 6.33. The number of hydrogen-bond donors (Lipinski definition) is 0. The van der Waals surface area contributed by atoms with E-state index in [0.29, 0.717) is 23.9 Å². The van der Waals surface area contributed by atoms with E-state index in [4.69, 9.17) is 11.6 Å². The van der Waals surface area contributed by atoms with Crippen molar-refractivity contribution in [2.45, 2.75) is 6.92 Å². The van der Waals surface area contributed by atoms with Crippen LogP contribution in [0.2, 0.25) is 5.02 Å². The second kappa shape index (κ2) is 6.33. The summed E-state index contributed by atoms with van der Waals surface area (Å²) >= 11 is 6.14. The number of anilines is 2. The lowest BCUT2D eigenvalue weighted by Gasteiger charge is -2.36. The molecule has 0 aromatic carbocycles. The minimum Gasteiger partial charge on any atom is -0.353 e. The average Bonchev–Trinajstić information content (AvgIpc) is 2.55. The van der Waals surface area contributed by atoms with Crippen molar-refractivity contribution in [1.29, 1.82) is 0 Å². The van der Waals surface area contributed by atoms with Crippen molar-refractivity contribution in [1.82, 2.24) is 15.0 Å². The highest BCUT2D eigenvalue weighted by Crippen LogP contribution is 2.28. The maximum absolute atomic E-state index is 10.7. The van der Waals surface area contributed by atoms with Gasteiger partial charge in [0, 0.05) is 38.4 Å². The predicted octanol–water partition coefficient (Wildman–Crippen LogP) is 2.07. The first-order chi connectivity index (χ1) is 11.0. The quantitative estimate of drug-likeness (QED) is 0.627. The summed E-state index contributed by atoms with van der Waals surface area (Å²) in [5.74, 6) is 2.22. The SMILES string of the molecule is Cc1nccc(N2CCN(c3ncc([N+](=O)[O-])cc3Cl)CC2)n1. The Bertz CT molecular complexity index is 733. The van der Waals surface area contributed by atoms with Crippen LogP contribution in [0.3, 0.4) is 0 Å². The third-order valence-electron chi connectivity index (χ3n) is 3.68. The van der Waals surface area contributed by atoms with E-state index in [9.17, 15) is 10.1 Å². The van der Waals surface area contributed by atoms with Gasteiger partial charge in [-0.05, 0) is 13.0 Å². The Balaban J connectivity index is 1.70. The van der Waals surface area contributed by atoms with Crippen LogP contribution in [0.1, 0.15) is 5.82 Å². The fourth-order valence-corrected chi connectivity index (χ4v) is 2.80. The summed E-state index contributed by atoms with van der Waals surface area (Å²) in [6.07, 6.45) is 2.99. The lowest BCUT2D eigenvalue weighted by atomic mass is 10.3. The van der Waals surface area contributed by atoms with Crippen molar-refractivity contribution < 1.29 is 4.92 Å². The molecule has 0 saturated carbocycles. The Kier molecular flexibility index (Phi) is 4.24. The van der Waals surface area contributed by atoms with Gasteiger partial charge in [-0.3, -0.25) is 10.1 Å². The van der Waals surface area contributed by atoms with Crippen molar-refractivity contribution in [3.05, 3.63) is 45.5 Å². The predicted molar refractivity (Wildman–Crippen MR) is 87.1 cm³/mol. The molecule has 8 nitrogen and oxygen atoms in total. The van der Waals surface area contributed by atoms with Gasteiger partial charge in [0.15, 0.2) is 0 Å². The minimum absolute atomic E-state index is 0.103. The lowest BCUT2D eigenvalue weighted by Crippen LogP contribution is -2.47. The number of aryl methyl sites for hydroxylation is 1. The molecule has 9 heteroatoms. The molecule has 1 saturated heterocycles. The molecule has 23 heavy (non-hydrogen) atoms. The van der Waals surface area contributed by atoms with Crippen LogP contribution in [0, 0.1) is 17.0 Å². The molecule has 2 aromatic rings. The van der Waals surface area contributed by atoms with Crippen LogP contribution in [0.15, 0.2) is 24.5 Å². The molecule has 0 spiro atoms. The third-order valence-corrected chi connectivity index (χ3v) is 3.96. The molecule has 1 aliphatic rings. The highest BCUT2D eigenvalue weighted by Gasteiger charge is 2.22. The summed E-state index contributed by atoms with van der Waals surface area (Å²) in [4.78, 5) is 27.1. The first-order valence-corrected chi connectivity index (χ1v) is 7.52. The topological polar surface area (TPSA) is 88.3 Å². The Labute approximate surface area is 137 Å². The number of piperazine rings is 1. The van der Waals surface area contributed by atoms with E-state index in [0.717, 1.165) is 24.7 Å². The summed E-state index contributed by atoms with van der Waals surface area (Å²) in [6, 6.07) is 3.23. The zero-order valence-electron chi connectivity index (χ0n) is 12.5. The van der Waals surface area contributed by atoms with Gasteiger partial charge in [-0.25, -0.2) is 15.0 Å². The van der Waals surface area contributed by atoms with Gasteiger partial charge < -0.3 is 9.80 Å². The van der Waals surface area contributed by atoms with Crippen molar-refractivity contribution in [3.63, 3.8) is 0 Å². The number of nitro groups is 1. The van der Waals surface area contributed by atoms with Gasteiger partial charge in [0.2, 0.25) is 0 Å². The van der Waals surface area contributed by atoms with E-state index in [-0.39, 0.29) is 5.69 Å². The zero-order chi connectivity index (χ0) is 16.4. The number of halogens is 1. The second-order valence-electron chi connectivity index (χ2n) is 5.19. The van der Waals surface area contributed by atoms with E-state index in [1.165, 1.54) is 12.3 Å². The molecule has 0 unspecified atom stereocenters. The van der Waals surface area contributed by atoms with E-state index in [1.54, 1.807) is 6.20 Å². The van der Waals surface area contributed by atoms with Crippen LogP contribution in [0.25, 0.3) is 0 Å². The largest absolute Gasteiger partial charge is 0.353 e. The van der Waals surface area contributed by atoms with Gasteiger partial charge in [0.25, 0.3) is 5.69 Å². The lowest BCUT2D eigenvalue weighted by molar-refractivity contribution is -0.385. The van der Waals surface area contributed by atoms with Crippen molar-refractivity contribution >= 4 is 28.9 Å². The number of pyridine rings is 1. The highest BCUT2D eigenvalue weighted by atomic mass is 35.5. The standard InChI is InChI=1S/C14H15ClN6O2/c1-10-16-3-2-13(18-10)19-4-6-20(7-5-19)14-12(15)8-11(9-17-14)21(22)23/h2-3,8-9H,4-7H2,1H3. The summed E-state index contributed by atoms with van der Waals surface area (Å²) in [7, 11) is 0. The van der Waals surface area contributed by atoms with Crippen LogP contribution in [-0.4, -0.2) is 46.1 Å². The molecule has 0 radical (unpaired) electrons. The molecule has 1 fully saturated rings. The average molecular weight is 335 g/mol. The molecular formula is C14H15ClN6O2. The van der Waals surface area contributed by atoms with Crippen LogP contribution >= 0.6 is 11.6 Å². The molecule has 0 atom stereocenters. The fraction of sp³-hybridized carbons (Fsp3) is 0.357. The monoisotopic (exact) mass is 334 g/mol. The normalized spacial score (nSPS) is 14.9. The molecule has 0 aliphatic carbocycles. The molecule has 0 bridgehead atoms. The van der Waals surface area contributed by atoms with Gasteiger partial charge in [-0.1, -0.05) is 11.6 Å². The van der Waals surface area contributed by atoms with Crippen LogP contribution < -0.4 is 9.80 Å². The molecule has 0 amide bonds. The van der Waals surface area contributed by atoms with Crippen molar-refractivity contribution in [3.8, 4) is 0 Å². The van der Waals surface area contributed by atoms with Gasteiger partial charge in [-0.15, -0.1) is 0 Å². The van der Waals surface area contributed by atoms with Crippen LogP contribution in [-0.2, 0) is 0 Å². The Morgan fingerprint density at radius 1 is 1.22 bits per heavy atom. The number of hydrogen-bond acceptors (Lipinski definition) is 7. The van der Waals surface area contributed by atoms with Gasteiger partial charge >= 0.3 is 0 Å². The maximum Gasteiger partial charge on any atom is 0.289 e. The van der Waals surface area contributed by atoms with E-state index in [2.05, 4.69) is 19.9 Å². The van der Waals surface area contributed by atoms with E-state index in [1.807, 2.05) is 17.9 Å². The molecule has 3 rings (SSSR count). The van der Waals surface area contributed by atoms with Crippen LogP contribution in [0.5, 0.6) is 0 Å². The summed E-state index contributed by atoms with van der Waals surface area (Å²) in [6.45, 7) is 4.83. The summed E-state index contributed by atoms with van der Waals surface area (Å²) in [5, 5.41) is 11.0. The second-order valence-corrected chi connectivity index (χ2v) is 5.60. The zero-order valence-corrected chi connectivity index (χ0v) is 13.3. The smallest absolute Gasteiger partial charge is 0.289 e. The Morgan fingerprint density at radius 2 is 1.91 bits per heavy atom. The number of nitrogens with zero attached hydrogens (tertiary/aromatic N) is 6. The van der Waals surface area contributed by atoms with E-state index < -0.39 is 4.92 Å². The summed E-state index contributed by atoms with van der Waals surface area (Å²) < 4.78 is 0. The number of aromatic nitrogens is 3. The molecule has 120 valence electrons. The van der Waals surface area contributed by atoms with Crippen molar-refractivity contribution in [2.24, 2.45) is 0 Å². The van der Waals surface area contributed by atoms with Gasteiger partial charge in [-0.2, -0.15) is 0 Å². The molecule has 3 heterocycles. The van der Waals surface area contributed by atoms with Crippen molar-refractivity contribution in [2.75, 3.05) is 36.0 Å². The minimum atomic E-state index is -0.502. The molecule has 2 aromatic heterocycles. The fourth-order valence-electron chi connectivity index (χ4n) is 2.52. The van der Waals surface area contributed by atoms with Gasteiger partial charge in [0.1, 0.15) is 23.7 Å². The third kappa shape index (κ3) is 3.31. The first kappa shape index (κ1) is 15.4. The van der Waals surface area contributed by atoms with Crippen LogP contribution in [0.4, 0.5) is 17.3 Å².